The molecule has 110 valence electrons. The summed E-state index contributed by atoms with van der Waals surface area (Å²) in [6, 6.07) is 1.48. The number of esters is 1. The molecule has 0 saturated heterocycles. The van der Waals surface area contributed by atoms with Crippen LogP contribution in [0.4, 0.5) is 13.2 Å². The Morgan fingerprint density at radius 3 is 2.30 bits per heavy atom. The van der Waals surface area contributed by atoms with Gasteiger partial charge in [0.25, 0.3) is 0 Å². The maximum atomic E-state index is 12.7. The summed E-state index contributed by atoms with van der Waals surface area (Å²) in [4.78, 5) is 9.74. The average molecular weight is 309 g/mol. The van der Waals surface area contributed by atoms with E-state index in [4.69, 9.17) is 0 Å². The van der Waals surface area contributed by atoms with Crippen molar-refractivity contribution in [2.45, 2.75) is 18.0 Å². The van der Waals surface area contributed by atoms with Crippen LogP contribution in [0.2, 0.25) is 0 Å². The van der Waals surface area contributed by atoms with E-state index < -0.39 is 38.5 Å². The van der Waals surface area contributed by atoms with Gasteiger partial charge in [0, 0.05) is 5.57 Å². The van der Waals surface area contributed by atoms with Crippen LogP contribution in [0.15, 0.2) is 35.2 Å². The van der Waals surface area contributed by atoms with Gasteiger partial charge in [-0.25, -0.2) is 13.2 Å². The molecule has 1 aromatic carbocycles. The highest BCUT2D eigenvalue weighted by molar-refractivity contribution is 7.85. The molecule has 0 aliphatic rings. The topological polar surface area (TPSA) is 83.5 Å². The fraction of sp³-hybridized carbons (Fsp3) is 0.182. The molecule has 1 rings (SSSR count). The third-order valence-electron chi connectivity index (χ3n) is 2.08. The Balaban J connectivity index is 3.37. The van der Waals surface area contributed by atoms with E-state index in [0.717, 1.165) is 6.07 Å². The highest BCUT2D eigenvalue weighted by Crippen LogP contribution is 2.36. The molecule has 1 aromatic rings. The van der Waals surface area contributed by atoms with Gasteiger partial charge < -0.3 is 9.29 Å². The molecule has 0 aliphatic heterocycles. The predicted molar refractivity (Wildman–Crippen MR) is 59.9 cm³/mol. The summed E-state index contributed by atoms with van der Waals surface area (Å²) in [5.74, 6) is -1.52. The molecule has 0 saturated carbocycles. The highest BCUT2D eigenvalue weighted by Gasteiger charge is 2.35. The van der Waals surface area contributed by atoms with Gasteiger partial charge in [-0.15, -0.1) is 0 Å². The van der Waals surface area contributed by atoms with Crippen molar-refractivity contribution in [3.63, 3.8) is 0 Å². The summed E-state index contributed by atoms with van der Waals surface area (Å²) in [6.07, 6.45) is -5.08. The van der Waals surface area contributed by atoms with Crippen LogP contribution >= 0.6 is 0 Å². The third kappa shape index (κ3) is 3.81. The largest absolute Gasteiger partial charge is 0.744 e. The fourth-order valence-corrected chi connectivity index (χ4v) is 1.88. The Hall–Kier alpha value is -1.87. The van der Waals surface area contributed by atoms with E-state index in [2.05, 4.69) is 11.3 Å². The molecule has 0 aromatic heterocycles. The number of carbonyl (C=O) groups is 1. The Kier molecular flexibility index (Phi) is 4.25. The zero-order valence-corrected chi connectivity index (χ0v) is 10.8. The minimum absolute atomic E-state index is 0.0564. The Morgan fingerprint density at radius 1 is 1.35 bits per heavy atom. The van der Waals surface area contributed by atoms with Gasteiger partial charge in [0.2, 0.25) is 0 Å². The quantitative estimate of drug-likeness (QED) is 0.369. The number of ether oxygens (including phenoxy) is 1. The SMILES string of the molecule is C=C(C)C(=O)Oc1ccc(S(=O)(=O)[O-])c(C(F)(F)F)c1. The monoisotopic (exact) mass is 309 g/mol. The van der Waals surface area contributed by atoms with Crippen LogP contribution in [0.1, 0.15) is 12.5 Å². The molecule has 0 heterocycles. The Labute approximate surface area is 112 Å². The van der Waals surface area contributed by atoms with E-state index in [-0.39, 0.29) is 11.6 Å². The van der Waals surface area contributed by atoms with Crippen molar-refractivity contribution in [2.75, 3.05) is 0 Å². The van der Waals surface area contributed by atoms with Crippen LogP contribution in [0.5, 0.6) is 5.75 Å². The molecule has 0 N–H and O–H groups in total. The average Bonchev–Trinajstić information content (AvgIpc) is 2.26. The van der Waals surface area contributed by atoms with Crippen molar-refractivity contribution < 1.29 is 35.7 Å². The van der Waals surface area contributed by atoms with Crippen molar-refractivity contribution >= 4 is 16.1 Å². The van der Waals surface area contributed by atoms with Crippen molar-refractivity contribution in [1.29, 1.82) is 0 Å². The summed E-state index contributed by atoms with van der Waals surface area (Å²) < 4.78 is 74.9. The van der Waals surface area contributed by atoms with E-state index >= 15 is 0 Å². The Bertz CT molecular complexity index is 661. The van der Waals surface area contributed by atoms with E-state index in [1.165, 1.54) is 6.92 Å². The van der Waals surface area contributed by atoms with E-state index in [1.54, 1.807) is 0 Å². The molecule has 0 bridgehead atoms. The zero-order valence-electron chi connectivity index (χ0n) is 10.0. The number of rotatable bonds is 3. The first-order chi connectivity index (χ1) is 8.93. The summed E-state index contributed by atoms with van der Waals surface area (Å²) in [5, 5.41) is 0. The first-order valence-corrected chi connectivity index (χ1v) is 6.38. The molecule has 9 heteroatoms. The van der Waals surface area contributed by atoms with Gasteiger partial charge in [-0.1, -0.05) is 6.58 Å². The van der Waals surface area contributed by atoms with Crippen molar-refractivity contribution in [3.8, 4) is 5.75 Å². The number of halogens is 3. The van der Waals surface area contributed by atoms with E-state index in [0.29, 0.717) is 6.07 Å². The lowest BCUT2D eigenvalue weighted by Gasteiger charge is -2.16. The fourth-order valence-electron chi connectivity index (χ4n) is 1.21. The lowest BCUT2D eigenvalue weighted by atomic mass is 10.2. The van der Waals surface area contributed by atoms with Gasteiger partial charge in [-0.2, -0.15) is 13.2 Å². The summed E-state index contributed by atoms with van der Waals surface area (Å²) in [7, 11) is -5.31. The molecule has 0 unspecified atom stereocenters. The molecule has 0 aliphatic carbocycles. The maximum absolute atomic E-state index is 12.7. The number of alkyl halides is 3. The maximum Gasteiger partial charge on any atom is 0.417 e. The summed E-state index contributed by atoms with van der Waals surface area (Å²) in [5.41, 5.74) is -1.75. The Morgan fingerprint density at radius 2 is 1.90 bits per heavy atom. The smallest absolute Gasteiger partial charge is 0.417 e. The molecular weight excluding hydrogens is 301 g/mol. The second-order valence-corrected chi connectivity index (χ2v) is 5.13. The van der Waals surface area contributed by atoms with Crippen LogP contribution in [-0.4, -0.2) is 18.9 Å². The van der Waals surface area contributed by atoms with Gasteiger partial charge in [-0.3, -0.25) is 0 Å². The van der Waals surface area contributed by atoms with Crippen LogP contribution in [-0.2, 0) is 21.1 Å². The lowest BCUT2D eigenvalue weighted by molar-refractivity contribution is -0.140. The minimum atomic E-state index is -5.31. The summed E-state index contributed by atoms with van der Waals surface area (Å²) in [6.45, 7) is 4.52. The van der Waals surface area contributed by atoms with Crippen LogP contribution in [0, 0.1) is 0 Å². The van der Waals surface area contributed by atoms with Crippen molar-refractivity contribution in [3.05, 3.63) is 35.9 Å². The van der Waals surface area contributed by atoms with Crippen LogP contribution in [0.3, 0.4) is 0 Å². The molecular formula is C11H8F3O5S-. The van der Waals surface area contributed by atoms with Gasteiger partial charge in [-0.05, 0) is 25.1 Å². The first kappa shape index (κ1) is 16.2. The molecule has 0 amide bonds. The van der Waals surface area contributed by atoms with Gasteiger partial charge >= 0.3 is 12.1 Å². The molecule has 5 nitrogen and oxygen atoms in total. The normalized spacial score (nSPS) is 12.1. The highest BCUT2D eigenvalue weighted by atomic mass is 32.2. The zero-order chi connectivity index (χ0) is 15.7. The van der Waals surface area contributed by atoms with Gasteiger partial charge in [0.15, 0.2) is 0 Å². The van der Waals surface area contributed by atoms with Gasteiger partial charge in [0.1, 0.15) is 15.9 Å². The second kappa shape index (κ2) is 5.25. The number of benzene rings is 1. The van der Waals surface area contributed by atoms with E-state index in [9.17, 15) is 30.9 Å². The van der Waals surface area contributed by atoms with Crippen molar-refractivity contribution in [2.24, 2.45) is 0 Å². The molecule has 20 heavy (non-hydrogen) atoms. The first-order valence-electron chi connectivity index (χ1n) is 4.98. The lowest BCUT2D eigenvalue weighted by Crippen LogP contribution is -2.14. The molecule has 0 atom stereocenters. The summed E-state index contributed by atoms with van der Waals surface area (Å²) >= 11 is 0. The molecule has 0 spiro atoms. The number of hydrogen-bond donors (Lipinski definition) is 0. The number of carbonyl (C=O) groups excluding carboxylic acids is 1. The van der Waals surface area contributed by atoms with Crippen molar-refractivity contribution in [1.82, 2.24) is 0 Å². The standard InChI is InChI=1S/C11H9F3O5S/c1-6(2)10(15)19-7-3-4-9(20(16,17)18)8(5-7)11(12,13)14/h3-5H,1H2,2H3,(H,16,17,18)/p-1. The van der Waals surface area contributed by atoms with E-state index in [1.807, 2.05) is 0 Å². The third-order valence-corrected chi connectivity index (χ3v) is 2.98. The molecule has 0 fully saturated rings. The van der Waals surface area contributed by atoms with Crippen LogP contribution < -0.4 is 4.74 Å². The number of hydrogen-bond acceptors (Lipinski definition) is 5. The van der Waals surface area contributed by atoms with Gasteiger partial charge in [0.05, 0.1) is 10.5 Å². The predicted octanol–water partition coefficient (Wildman–Crippen LogP) is 2.09. The van der Waals surface area contributed by atoms with Crippen LogP contribution in [0.25, 0.3) is 0 Å². The minimum Gasteiger partial charge on any atom is -0.744 e. The second-order valence-electron chi connectivity index (χ2n) is 3.78. The molecule has 0 radical (unpaired) electrons.